The van der Waals surface area contributed by atoms with Crippen molar-refractivity contribution < 1.29 is 13.6 Å². The molecule has 0 radical (unpaired) electrons. The minimum absolute atomic E-state index is 0.0287. The van der Waals surface area contributed by atoms with Gasteiger partial charge in [0.2, 0.25) is 0 Å². The van der Waals surface area contributed by atoms with Gasteiger partial charge in [-0.2, -0.15) is 0 Å². The van der Waals surface area contributed by atoms with Gasteiger partial charge in [0, 0.05) is 12.6 Å². The average molecular weight is 304 g/mol. The standard InChI is InChI=1S/C12H12BrF2NO/c1-7-3-2-4-16(7)12(17)8-5-11(15)9(13)6-10(8)14/h5-7H,2-4H2,1H3. The maximum Gasteiger partial charge on any atom is 0.257 e. The quantitative estimate of drug-likeness (QED) is 0.729. The van der Waals surface area contributed by atoms with E-state index in [4.69, 9.17) is 0 Å². The van der Waals surface area contributed by atoms with Gasteiger partial charge in [0.25, 0.3) is 5.91 Å². The SMILES string of the molecule is CC1CCCN1C(=O)c1cc(F)c(Br)cc1F. The van der Waals surface area contributed by atoms with Crippen molar-refractivity contribution in [2.75, 3.05) is 6.54 Å². The molecule has 0 aromatic heterocycles. The summed E-state index contributed by atoms with van der Waals surface area (Å²) in [5, 5.41) is 0. The highest BCUT2D eigenvalue weighted by Gasteiger charge is 2.28. The van der Waals surface area contributed by atoms with Crippen LogP contribution in [-0.4, -0.2) is 23.4 Å². The number of halogens is 3. The van der Waals surface area contributed by atoms with Crippen LogP contribution in [0.2, 0.25) is 0 Å². The molecular formula is C12H12BrF2NO. The van der Waals surface area contributed by atoms with Gasteiger partial charge in [0.05, 0.1) is 10.0 Å². The largest absolute Gasteiger partial charge is 0.336 e. The molecule has 0 aliphatic carbocycles. The van der Waals surface area contributed by atoms with Gasteiger partial charge in [-0.3, -0.25) is 4.79 Å². The maximum absolute atomic E-state index is 13.6. The van der Waals surface area contributed by atoms with E-state index in [1.807, 2.05) is 6.92 Å². The second-order valence-corrected chi connectivity index (χ2v) is 5.09. The second kappa shape index (κ2) is 4.72. The van der Waals surface area contributed by atoms with Crippen LogP contribution < -0.4 is 0 Å². The van der Waals surface area contributed by atoms with Gasteiger partial charge in [0.1, 0.15) is 11.6 Å². The summed E-state index contributed by atoms with van der Waals surface area (Å²) in [5.41, 5.74) is -0.195. The molecule has 1 aromatic carbocycles. The van der Waals surface area contributed by atoms with Crippen LogP contribution in [0, 0.1) is 11.6 Å². The van der Waals surface area contributed by atoms with E-state index in [2.05, 4.69) is 15.9 Å². The zero-order chi connectivity index (χ0) is 12.6. The summed E-state index contributed by atoms with van der Waals surface area (Å²) in [6.45, 7) is 2.52. The number of nitrogens with zero attached hydrogens (tertiary/aromatic N) is 1. The van der Waals surface area contributed by atoms with Gasteiger partial charge in [-0.25, -0.2) is 8.78 Å². The Labute approximate surface area is 107 Å². The molecule has 2 nitrogen and oxygen atoms in total. The first-order chi connectivity index (χ1) is 8.00. The third-order valence-electron chi connectivity index (χ3n) is 3.05. The lowest BCUT2D eigenvalue weighted by Gasteiger charge is -2.21. The Bertz CT molecular complexity index is 464. The average Bonchev–Trinajstić information content (AvgIpc) is 2.69. The van der Waals surface area contributed by atoms with Crippen LogP contribution in [0.15, 0.2) is 16.6 Å². The van der Waals surface area contributed by atoms with Crippen LogP contribution in [0.5, 0.6) is 0 Å². The predicted molar refractivity (Wildman–Crippen MR) is 63.8 cm³/mol. The van der Waals surface area contributed by atoms with Gasteiger partial charge in [-0.05, 0) is 47.8 Å². The lowest BCUT2D eigenvalue weighted by molar-refractivity contribution is 0.0742. The molecule has 1 unspecified atom stereocenters. The highest BCUT2D eigenvalue weighted by molar-refractivity contribution is 9.10. The minimum atomic E-state index is -0.692. The topological polar surface area (TPSA) is 20.3 Å². The number of likely N-dealkylation sites (tertiary alicyclic amines) is 1. The van der Waals surface area contributed by atoms with Crippen molar-refractivity contribution in [2.45, 2.75) is 25.8 Å². The number of rotatable bonds is 1. The maximum atomic E-state index is 13.6. The molecule has 5 heteroatoms. The van der Waals surface area contributed by atoms with Crippen LogP contribution in [0.1, 0.15) is 30.1 Å². The van der Waals surface area contributed by atoms with Crippen LogP contribution in [0.3, 0.4) is 0 Å². The summed E-state index contributed by atoms with van der Waals surface area (Å²) < 4.78 is 27.0. The molecule has 0 bridgehead atoms. The summed E-state index contributed by atoms with van der Waals surface area (Å²) in [6, 6.07) is 2.03. The molecule has 1 heterocycles. The first-order valence-corrected chi connectivity index (χ1v) is 6.25. The van der Waals surface area contributed by atoms with Crippen molar-refractivity contribution in [1.29, 1.82) is 0 Å². The molecule has 1 aliphatic heterocycles. The summed E-state index contributed by atoms with van der Waals surface area (Å²) in [4.78, 5) is 13.6. The molecular weight excluding hydrogens is 292 g/mol. The smallest absolute Gasteiger partial charge is 0.257 e. The van der Waals surface area contributed by atoms with E-state index in [0.29, 0.717) is 6.54 Å². The van der Waals surface area contributed by atoms with Gasteiger partial charge >= 0.3 is 0 Å². The van der Waals surface area contributed by atoms with Crippen molar-refractivity contribution in [3.8, 4) is 0 Å². The van der Waals surface area contributed by atoms with E-state index in [1.54, 1.807) is 4.90 Å². The molecule has 1 aromatic rings. The zero-order valence-electron chi connectivity index (χ0n) is 9.34. The normalized spacial score (nSPS) is 19.8. The number of hydrogen-bond acceptors (Lipinski definition) is 1. The van der Waals surface area contributed by atoms with E-state index in [0.717, 1.165) is 25.0 Å². The molecule has 2 rings (SSSR count). The number of carbonyl (C=O) groups excluding carboxylic acids is 1. The first kappa shape index (κ1) is 12.5. The Morgan fingerprint density at radius 1 is 1.41 bits per heavy atom. The lowest BCUT2D eigenvalue weighted by Crippen LogP contribution is -2.34. The third kappa shape index (κ3) is 2.34. The fourth-order valence-corrected chi connectivity index (χ4v) is 2.39. The Morgan fingerprint density at radius 2 is 2.12 bits per heavy atom. The summed E-state index contributed by atoms with van der Waals surface area (Å²) in [6.07, 6.45) is 1.82. The monoisotopic (exact) mass is 303 g/mol. The fourth-order valence-electron chi connectivity index (χ4n) is 2.08. The Hall–Kier alpha value is -0.970. The van der Waals surface area contributed by atoms with E-state index in [1.165, 1.54) is 0 Å². The number of carbonyl (C=O) groups is 1. The van der Waals surface area contributed by atoms with Crippen molar-refractivity contribution in [2.24, 2.45) is 0 Å². The van der Waals surface area contributed by atoms with E-state index in [9.17, 15) is 13.6 Å². The zero-order valence-corrected chi connectivity index (χ0v) is 10.9. The second-order valence-electron chi connectivity index (χ2n) is 4.24. The van der Waals surface area contributed by atoms with Crippen molar-refractivity contribution >= 4 is 21.8 Å². The van der Waals surface area contributed by atoms with Gasteiger partial charge in [0.15, 0.2) is 0 Å². The highest BCUT2D eigenvalue weighted by atomic mass is 79.9. The molecule has 17 heavy (non-hydrogen) atoms. The van der Waals surface area contributed by atoms with Crippen molar-refractivity contribution in [3.05, 3.63) is 33.8 Å². The summed E-state index contributed by atoms with van der Waals surface area (Å²) >= 11 is 2.88. The molecule has 92 valence electrons. The Morgan fingerprint density at radius 3 is 2.71 bits per heavy atom. The molecule has 1 atom stereocenters. The molecule has 0 saturated carbocycles. The summed E-state index contributed by atoms with van der Waals surface area (Å²) in [5.74, 6) is -1.75. The van der Waals surface area contributed by atoms with E-state index >= 15 is 0 Å². The number of hydrogen-bond donors (Lipinski definition) is 0. The van der Waals surface area contributed by atoms with Crippen molar-refractivity contribution in [1.82, 2.24) is 4.90 Å². The van der Waals surface area contributed by atoms with Crippen LogP contribution in [0.4, 0.5) is 8.78 Å². The lowest BCUT2D eigenvalue weighted by atomic mass is 10.1. The van der Waals surface area contributed by atoms with Gasteiger partial charge in [-0.1, -0.05) is 0 Å². The molecule has 1 saturated heterocycles. The number of benzene rings is 1. The molecule has 1 fully saturated rings. The summed E-state index contributed by atoms with van der Waals surface area (Å²) in [7, 11) is 0. The highest BCUT2D eigenvalue weighted by Crippen LogP contribution is 2.24. The van der Waals surface area contributed by atoms with Gasteiger partial charge < -0.3 is 4.90 Å². The van der Waals surface area contributed by atoms with E-state index < -0.39 is 17.5 Å². The predicted octanol–water partition coefficient (Wildman–Crippen LogP) is 3.35. The molecule has 0 N–H and O–H groups in total. The molecule has 1 aliphatic rings. The fraction of sp³-hybridized carbons (Fsp3) is 0.417. The molecule has 0 spiro atoms. The van der Waals surface area contributed by atoms with Crippen molar-refractivity contribution in [3.63, 3.8) is 0 Å². The Kier molecular flexibility index (Phi) is 3.47. The Balaban J connectivity index is 2.34. The minimum Gasteiger partial charge on any atom is -0.336 e. The molecule has 1 amide bonds. The van der Waals surface area contributed by atoms with Crippen LogP contribution in [0.25, 0.3) is 0 Å². The van der Waals surface area contributed by atoms with Gasteiger partial charge in [-0.15, -0.1) is 0 Å². The van der Waals surface area contributed by atoms with E-state index in [-0.39, 0.29) is 16.1 Å². The first-order valence-electron chi connectivity index (χ1n) is 5.46. The van der Waals surface area contributed by atoms with Crippen LogP contribution >= 0.6 is 15.9 Å². The number of amides is 1. The van der Waals surface area contributed by atoms with Crippen LogP contribution in [-0.2, 0) is 0 Å². The third-order valence-corrected chi connectivity index (χ3v) is 3.66.